The standard InChI is InChI=1S/C15H22N4O3/c20-14(13-10-16-11-22-13)17-12-4-8-19(9-5-12)15(21)18-6-2-1-3-7-18/h10-12H,1-9H2,(H,17,20). The zero-order chi connectivity index (χ0) is 15.4. The number of nitrogens with zero attached hydrogens (tertiary/aromatic N) is 3. The van der Waals surface area contributed by atoms with Gasteiger partial charge in [-0.3, -0.25) is 4.79 Å². The van der Waals surface area contributed by atoms with Gasteiger partial charge in [-0.2, -0.15) is 0 Å². The van der Waals surface area contributed by atoms with Gasteiger partial charge in [-0.05, 0) is 32.1 Å². The van der Waals surface area contributed by atoms with Gasteiger partial charge in [-0.1, -0.05) is 0 Å². The molecule has 2 aliphatic rings. The van der Waals surface area contributed by atoms with Crippen LogP contribution in [0.3, 0.4) is 0 Å². The molecule has 2 fully saturated rings. The molecular formula is C15H22N4O3. The molecule has 3 rings (SSSR count). The van der Waals surface area contributed by atoms with Crippen molar-refractivity contribution in [1.29, 1.82) is 0 Å². The van der Waals surface area contributed by atoms with Crippen LogP contribution in [0, 0.1) is 0 Å². The number of amides is 3. The lowest BCUT2D eigenvalue weighted by Crippen LogP contribution is -2.51. The average molecular weight is 306 g/mol. The van der Waals surface area contributed by atoms with Crippen LogP contribution in [-0.2, 0) is 0 Å². The lowest BCUT2D eigenvalue weighted by atomic mass is 10.0. The highest BCUT2D eigenvalue weighted by atomic mass is 16.3. The van der Waals surface area contributed by atoms with E-state index < -0.39 is 0 Å². The van der Waals surface area contributed by atoms with Crippen molar-refractivity contribution >= 4 is 11.9 Å². The third-order valence-electron chi connectivity index (χ3n) is 4.38. The van der Waals surface area contributed by atoms with E-state index >= 15 is 0 Å². The first kappa shape index (κ1) is 14.9. The van der Waals surface area contributed by atoms with Crippen molar-refractivity contribution in [2.24, 2.45) is 0 Å². The molecule has 0 bridgehead atoms. The second-order valence-corrected chi connectivity index (χ2v) is 5.93. The van der Waals surface area contributed by atoms with Crippen molar-refractivity contribution in [1.82, 2.24) is 20.1 Å². The predicted octanol–water partition coefficient (Wildman–Crippen LogP) is 1.47. The number of piperidine rings is 2. The van der Waals surface area contributed by atoms with E-state index in [1.165, 1.54) is 19.0 Å². The zero-order valence-corrected chi connectivity index (χ0v) is 12.7. The first-order valence-electron chi connectivity index (χ1n) is 7.97. The molecule has 0 atom stereocenters. The summed E-state index contributed by atoms with van der Waals surface area (Å²) in [4.78, 5) is 31.9. The van der Waals surface area contributed by atoms with Crippen LogP contribution < -0.4 is 5.32 Å². The van der Waals surface area contributed by atoms with Crippen molar-refractivity contribution in [3.8, 4) is 0 Å². The van der Waals surface area contributed by atoms with Crippen LogP contribution in [0.4, 0.5) is 4.79 Å². The molecule has 3 amide bonds. The topological polar surface area (TPSA) is 78.7 Å². The Morgan fingerprint density at radius 3 is 2.41 bits per heavy atom. The number of urea groups is 1. The fraction of sp³-hybridized carbons (Fsp3) is 0.667. The summed E-state index contributed by atoms with van der Waals surface area (Å²) in [6.45, 7) is 3.13. The maximum atomic E-state index is 12.4. The van der Waals surface area contributed by atoms with Crippen LogP contribution in [0.2, 0.25) is 0 Å². The molecule has 0 aromatic carbocycles. The van der Waals surface area contributed by atoms with E-state index in [-0.39, 0.29) is 23.7 Å². The fourth-order valence-electron chi connectivity index (χ4n) is 3.08. The van der Waals surface area contributed by atoms with Gasteiger partial charge < -0.3 is 19.5 Å². The van der Waals surface area contributed by atoms with Crippen molar-refractivity contribution in [3.63, 3.8) is 0 Å². The summed E-state index contributed by atoms with van der Waals surface area (Å²) in [5, 5.41) is 2.94. The summed E-state index contributed by atoms with van der Waals surface area (Å²) in [5.41, 5.74) is 0. The van der Waals surface area contributed by atoms with E-state index in [4.69, 9.17) is 4.42 Å². The molecule has 22 heavy (non-hydrogen) atoms. The van der Waals surface area contributed by atoms with Gasteiger partial charge in [0.1, 0.15) is 0 Å². The summed E-state index contributed by atoms with van der Waals surface area (Å²) in [5.74, 6) is -0.00914. The Hall–Kier alpha value is -2.05. The Labute approximate surface area is 129 Å². The van der Waals surface area contributed by atoms with Crippen molar-refractivity contribution < 1.29 is 14.0 Å². The summed E-state index contributed by atoms with van der Waals surface area (Å²) in [6.07, 6.45) is 7.64. The molecule has 2 aliphatic heterocycles. The number of rotatable bonds is 2. The van der Waals surface area contributed by atoms with Crippen LogP contribution in [0.15, 0.2) is 17.0 Å². The molecule has 2 saturated heterocycles. The maximum Gasteiger partial charge on any atom is 0.319 e. The van der Waals surface area contributed by atoms with E-state index in [1.807, 2.05) is 9.80 Å². The summed E-state index contributed by atoms with van der Waals surface area (Å²) in [6, 6.07) is 0.239. The van der Waals surface area contributed by atoms with Crippen LogP contribution >= 0.6 is 0 Å². The third kappa shape index (κ3) is 3.40. The number of carbonyl (C=O) groups excluding carboxylic acids is 2. The van der Waals surface area contributed by atoms with Gasteiger partial charge in [0.25, 0.3) is 5.91 Å². The smallest absolute Gasteiger partial charge is 0.319 e. The molecule has 0 unspecified atom stereocenters. The highest BCUT2D eigenvalue weighted by molar-refractivity contribution is 5.91. The Morgan fingerprint density at radius 1 is 1.09 bits per heavy atom. The van der Waals surface area contributed by atoms with Crippen molar-refractivity contribution in [2.75, 3.05) is 26.2 Å². The molecule has 1 aromatic rings. The van der Waals surface area contributed by atoms with Crippen LogP contribution in [-0.4, -0.2) is 58.9 Å². The lowest BCUT2D eigenvalue weighted by molar-refractivity contribution is 0.0881. The number of oxazole rings is 1. The molecule has 120 valence electrons. The van der Waals surface area contributed by atoms with Crippen LogP contribution in [0.5, 0.6) is 0 Å². The first-order chi connectivity index (χ1) is 10.7. The highest BCUT2D eigenvalue weighted by Crippen LogP contribution is 2.16. The largest absolute Gasteiger partial charge is 0.438 e. The molecule has 0 radical (unpaired) electrons. The number of hydrogen-bond acceptors (Lipinski definition) is 4. The quantitative estimate of drug-likeness (QED) is 0.897. The maximum absolute atomic E-state index is 12.4. The number of carbonyl (C=O) groups is 2. The fourth-order valence-corrected chi connectivity index (χ4v) is 3.08. The number of nitrogens with one attached hydrogen (secondary N) is 1. The normalized spacial score (nSPS) is 20.0. The van der Waals surface area contributed by atoms with Gasteiger partial charge in [0, 0.05) is 32.2 Å². The minimum absolute atomic E-state index is 0.0861. The average Bonchev–Trinajstić information content (AvgIpc) is 3.10. The number of likely N-dealkylation sites (tertiary alicyclic amines) is 2. The summed E-state index contributed by atoms with van der Waals surface area (Å²) < 4.78 is 4.98. The SMILES string of the molecule is O=C(NC1CCN(C(=O)N2CCCCC2)CC1)c1cnco1. The van der Waals surface area contributed by atoms with E-state index in [9.17, 15) is 9.59 Å². The van der Waals surface area contributed by atoms with E-state index in [2.05, 4.69) is 10.3 Å². The van der Waals surface area contributed by atoms with E-state index in [0.717, 1.165) is 38.8 Å². The van der Waals surface area contributed by atoms with Crippen molar-refractivity contribution in [3.05, 3.63) is 18.4 Å². The molecular weight excluding hydrogens is 284 g/mol. The van der Waals surface area contributed by atoms with Gasteiger partial charge in [0.2, 0.25) is 5.76 Å². The van der Waals surface area contributed by atoms with Gasteiger partial charge in [-0.15, -0.1) is 0 Å². The Morgan fingerprint density at radius 2 is 1.77 bits per heavy atom. The molecule has 7 nitrogen and oxygen atoms in total. The molecule has 0 spiro atoms. The minimum atomic E-state index is -0.238. The van der Waals surface area contributed by atoms with Crippen molar-refractivity contribution in [2.45, 2.75) is 38.1 Å². The predicted molar refractivity (Wildman–Crippen MR) is 79.4 cm³/mol. The summed E-state index contributed by atoms with van der Waals surface area (Å²) >= 11 is 0. The van der Waals surface area contributed by atoms with Crippen LogP contribution in [0.25, 0.3) is 0 Å². The second-order valence-electron chi connectivity index (χ2n) is 5.93. The highest BCUT2D eigenvalue weighted by Gasteiger charge is 2.28. The van der Waals surface area contributed by atoms with Gasteiger partial charge in [0.15, 0.2) is 6.39 Å². The van der Waals surface area contributed by atoms with Crippen LogP contribution in [0.1, 0.15) is 42.7 Å². The second kappa shape index (κ2) is 6.81. The summed E-state index contributed by atoms with van der Waals surface area (Å²) in [7, 11) is 0. The molecule has 7 heteroatoms. The number of aromatic nitrogens is 1. The lowest BCUT2D eigenvalue weighted by Gasteiger charge is -2.37. The minimum Gasteiger partial charge on any atom is -0.438 e. The molecule has 1 N–H and O–H groups in total. The Balaban J connectivity index is 1.46. The van der Waals surface area contributed by atoms with Gasteiger partial charge >= 0.3 is 6.03 Å². The molecule has 3 heterocycles. The van der Waals surface area contributed by atoms with Gasteiger partial charge in [0.05, 0.1) is 6.20 Å². The molecule has 1 aromatic heterocycles. The monoisotopic (exact) mass is 306 g/mol. The van der Waals surface area contributed by atoms with E-state index in [1.54, 1.807) is 0 Å². The molecule has 0 aliphatic carbocycles. The van der Waals surface area contributed by atoms with E-state index in [0.29, 0.717) is 13.1 Å². The number of hydrogen-bond donors (Lipinski definition) is 1. The third-order valence-corrected chi connectivity index (χ3v) is 4.38. The Kier molecular flexibility index (Phi) is 4.60. The molecule has 0 saturated carbocycles. The zero-order valence-electron chi connectivity index (χ0n) is 12.7. The Bertz CT molecular complexity index is 503. The van der Waals surface area contributed by atoms with Gasteiger partial charge in [-0.25, -0.2) is 9.78 Å². The first-order valence-corrected chi connectivity index (χ1v) is 7.97.